The molecule has 2 N–H and O–H groups in total. The number of benzene rings is 1. The van der Waals surface area contributed by atoms with E-state index in [1.54, 1.807) is 6.08 Å². The molecule has 1 fully saturated rings. The topological polar surface area (TPSA) is 88.9 Å². The molecule has 0 spiro atoms. The molecule has 7 nitrogen and oxygen atoms in total. The number of hydrogen-bond acceptors (Lipinski definition) is 5. The highest BCUT2D eigenvalue weighted by Crippen LogP contribution is 2.26. The second-order valence-electron chi connectivity index (χ2n) is 8.99. The Balaban J connectivity index is 1.71. The smallest absolute Gasteiger partial charge is 0.251 e. The largest absolute Gasteiger partial charge is 0.353 e. The molecule has 1 aliphatic rings. The van der Waals surface area contributed by atoms with E-state index in [0.29, 0.717) is 23.1 Å². The first kappa shape index (κ1) is 25.0. The second-order valence-corrected chi connectivity index (χ2v) is 9.93. The fourth-order valence-corrected chi connectivity index (χ4v) is 4.81. The predicted octanol–water partition coefficient (Wildman–Crippen LogP) is 4.44. The molecule has 178 valence electrons. The fraction of sp³-hybridized carbons (Fsp3) is 0.520. The Hall–Kier alpha value is -2.61. The normalized spacial score (nSPS) is 15.3. The van der Waals surface area contributed by atoms with Gasteiger partial charge in [-0.05, 0) is 37.8 Å². The molecule has 3 rings (SSSR count). The Morgan fingerprint density at radius 1 is 1.18 bits per heavy atom. The van der Waals surface area contributed by atoms with Crippen LogP contribution < -0.4 is 10.6 Å². The fourth-order valence-electron chi connectivity index (χ4n) is 4.04. The summed E-state index contributed by atoms with van der Waals surface area (Å²) >= 11 is 1.37. The zero-order chi connectivity index (χ0) is 23.8. The summed E-state index contributed by atoms with van der Waals surface area (Å²) in [7, 11) is 0. The van der Waals surface area contributed by atoms with Gasteiger partial charge < -0.3 is 15.2 Å². The minimum absolute atomic E-state index is 0.0229. The molecule has 8 heteroatoms. The van der Waals surface area contributed by atoms with Gasteiger partial charge in [-0.15, -0.1) is 16.8 Å². The second kappa shape index (κ2) is 12.0. The van der Waals surface area contributed by atoms with Gasteiger partial charge in [-0.1, -0.05) is 68.6 Å². The number of carbonyl (C=O) groups excluding carboxylic acids is 2. The van der Waals surface area contributed by atoms with Crippen LogP contribution in [0.1, 0.15) is 73.7 Å². The van der Waals surface area contributed by atoms with Gasteiger partial charge in [0.15, 0.2) is 11.0 Å². The minimum Gasteiger partial charge on any atom is -0.353 e. The van der Waals surface area contributed by atoms with Crippen LogP contribution in [0, 0.1) is 12.8 Å². The Labute approximate surface area is 200 Å². The molecule has 0 saturated heterocycles. The molecule has 0 radical (unpaired) electrons. The molecule has 33 heavy (non-hydrogen) atoms. The summed E-state index contributed by atoms with van der Waals surface area (Å²) in [5.41, 5.74) is 1.71. The molecule has 1 heterocycles. The van der Waals surface area contributed by atoms with Gasteiger partial charge in [0.1, 0.15) is 0 Å². The number of hydrogen-bond donors (Lipinski definition) is 2. The summed E-state index contributed by atoms with van der Waals surface area (Å²) in [6.45, 7) is 10.4. The lowest BCUT2D eigenvalue weighted by Gasteiger charge is -2.23. The van der Waals surface area contributed by atoms with E-state index in [4.69, 9.17) is 0 Å². The van der Waals surface area contributed by atoms with Crippen molar-refractivity contribution in [2.45, 2.75) is 76.7 Å². The van der Waals surface area contributed by atoms with Crippen molar-refractivity contribution in [2.75, 3.05) is 5.75 Å². The van der Waals surface area contributed by atoms with Crippen LogP contribution in [-0.2, 0) is 11.3 Å². The van der Waals surface area contributed by atoms with Crippen LogP contribution >= 0.6 is 11.8 Å². The van der Waals surface area contributed by atoms with Gasteiger partial charge in [0, 0.05) is 18.2 Å². The van der Waals surface area contributed by atoms with Crippen LogP contribution in [0.4, 0.5) is 0 Å². The van der Waals surface area contributed by atoms with E-state index in [-0.39, 0.29) is 35.6 Å². The average Bonchev–Trinajstić information content (AvgIpc) is 3.19. The van der Waals surface area contributed by atoms with Crippen molar-refractivity contribution in [3.8, 4) is 0 Å². The van der Waals surface area contributed by atoms with Crippen LogP contribution in [0.15, 0.2) is 42.1 Å². The van der Waals surface area contributed by atoms with Gasteiger partial charge >= 0.3 is 0 Å². The summed E-state index contributed by atoms with van der Waals surface area (Å²) in [6, 6.07) is 7.46. The van der Waals surface area contributed by atoms with Crippen molar-refractivity contribution in [1.29, 1.82) is 0 Å². The highest BCUT2D eigenvalue weighted by molar-refractivity contribution is 7.99. The molecule has 0 unspecified atom stereocenters. The van der Waals surface area contributed by atoms with E-state index in [9.17, 15) is 9.59 Å². The minimum atomic E-state index is -0.323. The van der Waals surface area contributed by atoms with Gasteiger partial charge in [0.25, 0.3) is 5.91 Å². The Bertz CT molecular complexity index is 948. The number of rotatable bonds is 10. The first-order valence-electron chi connectivity index (χ1n) is 11.7. The number of nitrogens with one attached hydrogen (secondary N) is 2. The Morgan fingerprint density at radius 3 is 2.52 bits per heavy atom. The van der Waals surface area contributed by atoms with E-state index >= 15 is 0 Å². The maximum Gasteiger partial charge on any atom is 0.251 e. The van der Waals surface area contributed by atoms with Crippen molar-refractivity contribution in [3.63, 3.8) is 0 Å². The van der Waals surface area contributed by atoms with Crippen molar-refractivity contribution < 1.29 is 9.59 Å². The van der Waals surface area contributed by atoms with Gasteiger partial charge in [0.05, 0.1) is 11.8 Å². The van der Waals surface area contributed by atoms with Crippen LogP contribution in [0.5, 0.6) is 0 Å². The lowest BCUT2D eigenvalue weighted by molar-refractivity contribution is -0.119. The molecule has 1 aliphatic carbocycles. The highest BCUT2D eigenvalue weighted by atomic mass is 32.2. The number of thioether (sulfide) groups is 1. The van der Waals surface area contributed by atoms with Crippen molar-refractivity contribution in [1.82, 2.24) is 25.4 Å². The zero-order valence-electron chi connectivity index (χ0n) is 19.8. The third-order valence-corrected chi connectivity index (χ3v) is 6.87. The highest BCUT2D eigenvalue weighted by Gasteiger charge is 2.26. The van der Waals surface area contributed by atoms with Crippen molar-refractivity contribution >= 4 is 23.6 Å². The lowest BCUT2D eigenvalue weighted by Crippen LogP contribution is -2.37. The predicted molar refractivity (Wildman–Crippen MR) is 132 cm³/mol. The number of nitrogens with zero attached hydrogens (tertiary/aromatic N) is 3. The summed E-state index contributed by atoms with van der Waals surface area (Å²) in [4.78, 5) is 25.3. The SMILES string of the molecule is C=CCn1c(SCC(=O)NC2CCCCC2)nnc1[C@@H](NC(=O)c1ccc(C)cc1)C(C)C. The monoisotopic (exact) mass is 469 g/mol. The molecule has 2 amide bonds. The third kappa shape index (κ3) is 6.93. The number of carbonyl (C=O) groups is 2. The molecule has 0 aliphatic heterocycles. The third-order valence-electron chi connectivity index (χ3n) is 5.90. The summed E-state index contributed by atoms with van der Waals surface area (Å²) in [6.07, 6.45) is 7.51. The zero-order valence-corrected chi connectivity index (χ0v) is 20.7. The molecular weight excluding hydrogens is 434 g/mol. The number of amides is 2. The van der Waals surface area contributed by atoms with Crippen LogP contribution in [0.3, 0.4) is 0 Å². The standard InChI is InChI=1S/C25H35N5O2S/c1-5-15-30-23(22(17(2)3)27-24(32)19-13-11-18(4)12-14-19)28-29-25(30)33-16-21(31)26-20-9-7-6-8-10-20/h5,11-14,17,20,22H,1,6-10,15-16H2,2-4H3,(H,26,31)(H,27,32)/t22-/m0/s1. The van der Waals surface area contributed by atoms with Gasteiger partial charge in [-0.3, -0.25) is 9.59 Å². The Kier molecular flexibility index (Phi) is 9.11. The van der Waals surface area contributed by atoms with Crippen LogP contribution in [-0.4, -0.2) is 38.4 Å². The maximum atomic E-state index is 12.9. The van der Waals surface area contributed by atoms with Crippen molar-refractivity contribution in [3.05, 3.63) is 53.9 Å². The van der Waals surface area contributed by atoms with E-state index in [1.807, 2.05) is 49.6 Å². The first-order valence-corrected chi connectivity index (χ1v) is 12.7. The van der Waals surface area contributed by atoms with Crippen LogP contribution in [0.25, 0.3) is 0 Å². The van der Waals surface area contributed by atoms with Gasteiger partial charge in [-0.2, -0.15) is 0 Å². The Morgan fingerprint density at radius 2 is 1.88 bits per heavy atom. The van der Waals surface area contributed by atoms with Crippen molar-refractivity contribution in [2.24, 2.45) is 5.92 Å². The number of aryl methyl sites for hydroxylation is 1. The molecule has 1 atom stereocenters. The maximum absolute atomic E-state index is 12.9. The molecule has 2 aromatic rings. The van der Waals surface area contributed by atoms with Gasteiger partial charge in [-0.25, -0.2) is 0 Å². The summed E-state index contributed by atoms with van der Waals surface area (Å²) < 4.78 is 1.94. The van der Waals surface area contributed by atoms with E-state index in [0.717, 1.165) is 18.4 Å². The quantitative estimate of drug-likeness (QED) is 0.397. The van der Waals surface area contributed by atoms with Gasteiger partial charge in [0.2, 0.25) is 5.91 Å². The van der Waals surface area contributed by atoms with E-state index < -0.39 is 0 Å². The van der Waals surface area contributed by atoms with E-state index in [1.165, 1.54) is 31.0 Å². The average molecular weight is 470 g/mol. The molecule has 1 aromatic heterocycles. The summed E-state index contributed by atoms with van der Waals surface area (Å²) in [5.74, 6) is 0.922. The van der Waals surface area contributed by atoms with E-state index in [2.05, 4.69) is 27.4 Å². The molecular formula is C25H35N5O2S. The molecule has 0 bridgehead atoms. The molecule has 1 aromatic carbocycles. The first-order chi connectivity index (χ1) is 15.9. The summed E-state index contributed by atoms with van der Waals surface area (Å²) in [5, 5.41) is 15.7. The number of allylic oxidation sites excluding steroid dienone is 1. The number of aromatic nitrogens is 3. The molecule has 1 saturated carbocycles. The van der Waals surface area contributed by atoms with Crippen LogP contribution in [0.2, 0.25) is 0 Å². The lowest BCUT2D eigenvalue weighted by atomic mass is 9.95.